The van der Waals surface area contributed by atoms with Gasteiger partial charge < -0.3 is 10.5 Å². The maximum atomic E-state index is 12.0. The molecule has 2 N–H and O–H groups in total. The average molecular weight is 380 g/mol. The number of carbonyl (C=O) groups is 2. The van der Waals surface area contributed by atoms with Crippen molar-refractivity contribution in [1.82, 2.24) is 0 Å². The van der Waals surface area contributed by atoms with Crippen LogP contribution in [0.25, 0.3) is 0 Å². The Balaban J connectivity index is 4.16. The van der Waals surface area contributed by atoms with Crippen LogP contribution >= 0.6 is 0 Å². The second-order valence-electron chi connectivity index (χ2n) is 7.55. The van der Waals surface area contributed by atoms with E-state index in [1.54, 1.807) is 6.92 Å². The molecule has 0 spiro atoms. The smallest absolute Gasteiger partial charge is 0.334 e. The number of rotatable bonds is 17. The maximum absolute atomic E-state index is 12.0. The van der Waals surface area contributed by atoms with Crippen molar-refractivity contribution in [2.45, 2.75) is 110 Å². The van der Waals surface area contributed by atoms with Crippen LogP contribution in [0.3, 0.4) is 0 Å². The van der Waals surface area contributed by atoms with Gasteiger partial charge >= 0.3 is 5.97 Å². The monoisotopic (exact) mass is 379 g/mol. The maximum Gasteiger partial charge on any atom is 0.334 e. The molecule has 0 saturated carbocycles. The number of esters is 1. The molecule has 156 valence electrons. The number of nitrogens with two attached hydrogens (primary N) is 1. The van der Waals surface area contributed by atoms with Gasteiger partial charge in [0.05, 0.1) is 0 Å². The summed E-state index contributed by atoms with van der Waals surface area (Å²) in [6.07, 6.45) is 17.9. The summed E-state index contributed by atoms with van der Waals surface area (Å²) in [7, 11) is 0. The van der Waals surface area contributed by atoms with Crippen molar-refractivity contribution in [3.05, 3.63) is 24.3 Å². The van der Waals surface area contributed by atoms with E-state index in [4.69, 9.17) is 10.5 Å². The number of primary amides is 1. The number of hydrogen-bond donors (Lipinski definition) is 1. The highest BCUT2D eigenvalue weighted by Crippen LogP contribution is 2.27. The number of carbonyl (C=O) groups excluding carboxylic acids is 2. The SMILES string of the molecule is C=C(C)C(=O)OC(CCC)(CCCCCC/C=C\CCCCCC)C(N)=O. The van der Waals surface area contributed by atoms with Gasteiger partial charge in [-0.2, -0.15) is 0 Å². The fraction of sp³-hybridized carbons (Fsp3) is 0.739. The molecule has 0 aliphatic rings. The highest BCUT2D eigenvalue weighted by atomic mass is 16.6. The van der Waals surface area contributed by atoms with Crippen molar-refractivity contribution in [2.75, 3.05) is 0 Å². The summed E-state index contributed by atoms with van der Waals surface area (Å²) in [6.45, 7) is 9.36. The third-order valence-electron chi connectivity index (χ3n) is 4.83. The zero-order valence-electron chi connectivity index (χ0n) is 17.9. The minimum Gasteiger partial charge on any atom is -0.446 e. The molecule has 1 atom stereocenters. The molecule has 0 aromatic rings. The van der Waals surface area contributed by atoms with Gasteiger partial charge in [0.2, 0.25) is 0 Å². The predicted molar refractivity (Wildman–Crippen MR) is 113 cm³/mol. The van der Waals surface area contributed by atoms with Crippen LogP contribution < -0.4 is 5.73 Å². The van der Waals surface area contributed by atoms with E-state index >= 15 is 0 Å². The van der Waals surface area contributed by atoms with Gasteiger partial charge in [0.25, 0.3) is 5.91 Å². The molecule has 0 bridgehead atoms. The lowest BCUT2D eigenvalue weighted by atomic mass is 9.90. The largest absolute Gasteiger partial charge is 0.446 e. The molecule has 0 saturated heterocycles. The Hall–Kier alpha value is -1.58. The Morgan fingerprint density at radius 1 is 0.889 bits per heavy atom. The normalized spacial score (nSPS) is 13.4. The number of ether oxygens (including phenoxy) is 1. The van der Waals surface area contributed by atoms with E-state index in [2.05, 4.69) is 25.7 Å². The van der Waals surface area contributed by atoms with Crippen LogP contribution in [0.15, 0.2) is 24.3 Å². The number of allylic oxidation sites excluding steroid dienone is 2. The number of amides is 1. The van der Waals surface area contributed by atoms with Crippen LogP contribution in [0.2, 0.25) is 0 Å². The lowest BCUT2D eigenvalue weighted by Crippen LogP contribution is -2.47. The second-order valence-corrected chi connectivity index (χ2v) is 7.55. The van der Waals surface area contributed by atoms with Crippen LogP contribution in [0.1, 0.15) is 104 Å². The summed E-state index contributed by atoms with van der Waals surface area (Å²) in [6, 6.07) is 0. The Labute approximate surface area is 166 Å². The molecule has 4 heteroatoms. The van der Waals surface area contributed by atoms with Gasteiger partial charge in [-0.3, -0.25) is 4.79 Å². The first-order chi connectivity index (χ1) is 12.9. The van der Waals surface area contributed by atoms with E-state index in [1.807, 2.05) is 6.92 Å². The van der Waals surface area contributed by atoms with Crippen LogP contribution in [0, 0.1) is 0 Å². The van der Waals surface area contributed by atoms with Gasteiger partial charge in [0.1, 0.15) is 0 Å². The lowest BCUT2D eigenvalue weighted by molar-refractivity contribution is -0.165. The van der Waals surface area contributed by atoms with Crippen LogP contribution in [0.5, 0.6) is 0 Å². The fourth-order valence-corrected chi connectivity index (χ4v) is 3.14. The second kappa shape index (κ2) is 15.5. The summed E-state index contributed by atoms with van der Waals surface area (Å²) in [5.41, 5.74) is 4.69. The minimum absolute atomic E-state index is 0.290. The zero-order chi connectivity index (χ0) is 20.5. The van der Waals surface area contributed by atoms with Crippen molar-refractivity contribution in [3.63, 3.8) is 0 Å². The molecule has 0 rings (SSSR count). The van der Waals surface area contributed by atoms with E-state index in [-0.39, 0.29) is 0 Å². The Morgan fingerprint density at radius 3 is 1.93 bits per heavy atom. The van der Waals surface area contributed by atoms with Crippen molar-refractivity contribution in [2.24, 2.45) is 5.73 Å². The summed E-state index contributed by atoms with van der Waals surface area (Å²) in [4.78, 5) is 23.9. The quantitative estimate of drug-likeness (QED) is 0.146. The molecule has 0 fully saturated rings. The third kappa shape index (κ3) is 11.7. The summed E-state index contributed by atoms with van der Waals surface area (Å²) >= 11 is 0. The molecule has 27 heavy (non-hydrogen) atoms. The van der Waals surface area contributed by atoms with Crippen molar-refractivity contribution in [3.8, 4) is 0 Å². The number of hydrogen-bond acceptors (Lipinski definition) is 3. The van der Waals surface area contributed by atoms with Gasteiger partial charge in [0, 0.05) is 5.57 Å². The molecule has 0 aliphatic carbocycles. The van der Waals surface area contributed by atoms with E-state index in [9.17, 15) is 9.59 Å². The van der Waals surface area contributed by atoms with Crippen LogP contribution in [-0.2, 0) is 14.3 Å². The van der Waals surface area contributed by atoms with Crippen LogP contribution in [-0.4, -0.2) is 17.5 Å². The Bertz CT molecular complexity index is 470. The molecule has 0 aromatic heterocycles. The topological polar surface area (TPSA) is 69.4 Å². The highest BCUT2D eigenvalue weighted by Gasteiger charge is 2.39. The van der Waals surface area contributed by atoms with Crippen molar-refractivity contribution < 1.29 is 14.3 Å². The molecule has 1 amide bonds. The molecule has 0 radical (unpaired) electrons. The molecule has 1 unspecified atom stereocenters. The molecule has 0 heterocycles. The average Bonchev–Trinajstić information content (AvgIpc) is 2.62. The summed E-state index contributed by atoms with van der Waals surface area (Å²) in [5.74, 6) is -1.09. The van der Waals surface area contributed by atoms with E-state index in [0.717, 1.165) is 38.5 Å². The highest BCUT2D eigenvalue weighted by molar-refractivity contribution is 5.92. The minimum atomic E-state index is -1.19. The van der Waals surface area contributed by atoms with Crippen LogP contribution in [0.4, 0.5) is 0 Å². The molecule has 4 nitrogen and oxygen atoms in total. The van der Waals surface area contributed by atoms with Gasteiger partial charge in [0.15, 0.2) is 5.60 Å². The van der Waals surface area contributed by atoms with E-state index < -0.39 is 17.5 Å². The lowest BCUT2D eigenvalue weighted by Gasteiger charge is -2.30. The predicted octanol–water partition coefficient (Wildman–Crippen LogP) is 6.00. The zero-order valence-corrected chi connectivity index (χ0v) is 17.9. The molecule has 0 aromatic carbocycles. The van der Waals surface area contributed by atoms with Gasteiger partial charge in [-0.15, -0.1) is 0 Å². The Kier molecular flexibility index (Phi) is 14.6. The first-order valence-electron chi connectivity index (χ1n) is 10.7. The summed E-state index contributed by atoms with van der Waals surface area (Å²) in [5, 5.41) is 0. The van der Waals surface area contributed by atoms with E-state index in [0.29, 0.717) is 18.4 Å². The summed E-state index contributed by atoms with van der Waals surface area (Å²) < 4.78 is 5.48. The third-order valence-corrected chi connectivity index (χ3v) is 4.83. The van der Waals surface area contributed by atoms with Crippen molar-refractivity contribution in [1.29, 1.82) is 0 Å². The fourth-order valence-electron chi connectivity index (χ4n) is 3.14. The first kappa shape index (κ1) is 25.4. The molecule has 0 aliphatic heterocycles. The molecular formula is C23H41NO3. The van der Waals surface area contributed by atoms with Gasteiger partial charge in [-0.05, 0) is 51.9 Å². The Morgan fingerprint density at radius 2 is 1.44 bits per heavy atom. The number of unbranched alkanes of at least 4 members (excludes halogenated alkanes) is 8. The van der Waals surface area contributed by atoms with Crippen molar-refractivity contribution >= 4 is 11.9 Å². The van der Waals surface area contributed by atoms with E-state index in [1.165, 1.54) is 32.1 Å². The standard InChI is InChI=1S/C23H41NO3/c1-5-7-8-9-10-11-12-13-14-15-16-17-19-23(18-6-2,22(24)26)27-21(25)20(3)4/h11-12H,3,5-10,13-19H2,1-2,4H3,(H2,24,26)/b12-11-. The molecular weight excluding hydrogens is 338 g/mol. The van der Waals surface area contributed by atoms with Gasteiger partial charge in [-0.1, -0.05) is 71.1 Å². The first-order valence-corrected chi connectivity index (χ1v) is 10.7. The van der Waals surface area contributed by atoms with Gasteiger partial charge in [-0.25, -0.2) is 4.79 Å².